The molecule has 0 saturated heterocycles. The second kappa shape index (κ2) is 9.40. The quantitative estimate of drug-likeness (QED) is 0.322. The van der Waals surface area contributed by atoms with Gasteiger partial charge in [0.05, 0.1) is 5.75 Å². The number of carbonyl (C=O) groups excluding carboxylic acids is 1. The van der Waals surface area contributed by atoms with Gasteiger partial charge < -0.3 is 5.32 Å². The fourth-order valence-electron chi connectivity index (χ4n) is 3.95. The predicted molar refractivity (Wildman–Crippen MR) is 129 cm³/mol. The first-order chi connectivity index (χ1) is 15.0. The van der Waals surface area contributed by atoms with Gasteiger partial charge in [0.2, 0.25) is 5.91 Å². The number of rotatable bonds is 7. The van der Waals surface area contributed by atoms with E-state index in [9.17, 15) is 9.59 Å². The van der Waals surface area contributed by atoms with Gasteiger partial charge in [-0.1, -0.05) is 37.0 Å². The van der Waals surface area contributed by atoms with E-state index in [2.05, 4.69) is 23.8 Å². The molecule has 5 nitrogen and oxygen atoms in total. The van der Waals surface area contributed by atoms with E-state index < -0.39 is 0 Å². The molecule has 0 fully saturated rings. The number of thiophene rings is 1. The van der Waals surface area contributed by atoms with E-state index in [1.54, 1.807) is 15.9 Å². The van der Waals surface area contributed by atoms with Gasteiger partial charge in [-0.2, -0.15) is 4.57 Å². The van der Waals surface area contributed by atoms with Crippen LogP contribution in [0.1, 0.15) is 42.7 Å². The van der Waals surface area contributed by atoms with Crippen LogP contribution in [0.4, 0.5) is 5.69 Å². The largest absolute Gasteiger partial charge is 0.347 e. The molecule has 0 radical (unpaired) electrons. The van der Waals surface area contributed by atoms with Crippen molar-refractivity contribution in [1.29, 1.82) is 0 Å². The summed E-state index contributed by atoms with van der Waals surface area (Å²) in [6.07, 6.45) is 5.30. The third kappa shape index (κ3) is 4.77. The van der Waals surface area contributed by atoms with Crippen LogP contribution in [-0.2, 0) is 30.6 Å². The maximum atomic E-state index is 13.4. The topological polar surface area (TPSA) is 65.2 Å². The van der Waals surface area contributed by atoms with Gasteiger partial charge in [-0.25, -0.2) is 9.78 Å². The van der Waals surface area contributed by atoms with Crippen molar-refractivity contribution < 1.29 is 9.78 Å². The van der Waals surface area contributed by atoms with Gasteiger partial charge in [-0.05, 0) is 79.6 Å². The number of aromatic nitrogens is 2. The van der Waals surface area contributed by atoms with Gasteiger partial charge in [-0.3, -0.25) is 4.79 Å². The number of nitrogens with zero attached hydrogens (tertiary/aromatic N) is 1. The van der Waals surface area contributed by atoms with Gasteiger partial charge in [-0.15, -0.1) is 0 Å². The Morgan fingerprint density at radius 2 is 2.00 bits per heavy atom. The zero-order chi connectivity index (χ0) is 22.0. The van der Waals surface area contributed by atoms with Crippen molar-refractivity contribution in [3.63, 3.8) is 0 Å². The summed E-state index contributed by atoms with van der Waals surface area (Å²) in [5, 5.41) is 4.47. The lowest BCUT2D eigenvalue weighted by molar-refractivity contribution is -0.404. The first kappa shape index (κ1) is 21.8. The minimum Gasteiger partial charge on any atom is -0.325 e. The standard InChI is InChI=1S/C24H27N3O2S2/c1-4-16-9-11-17(12-10-16)25-20(28)14-30-24-26-22-21(23(29)27(24)13-15(2)3)18-7-5-6-8-19(18)31-22/h9-12H,2,4-8,13-14H2,1,3H3,(H,25,28)/p+1. The number of thioether (sulfide) groups is 1. The van der Waals surface area contributed by atoms with Crippen LogP contribution in [0.2, 0.25) is 0 Å². The summed E-state index contributed by atoms with van der Waals surface area (Å²) in [6.45, 7) is 8.46. The molecule has 0 atom stereocenters. The van der Waals surface area contributed by atoms with Gasteiger partial charge in [0, 0.05) is 10.6 Å². The summed E-state index contributed by atoms with van der Waals surface area (Å²) in [5.41, 5.74) is 4.16. The fourth-order valence-corrected chi connectivity index (χ4v) is 6.12. The summed E-state index contributed by atoms with van der Waals surface area (Å²) in [5.74, 6) is 0.126. The number of hydrogen-bond donors (Lipinski definition) is 1. The Morgan fingerprint density at radius 3 is 2.71 bits per heavy atom. The van der Waals surface area contributed by atoms with Crippen LogP contribution in [0, 0.1) is 0 Å². The van der Waals surface area contributed by atoms with Crippen LogP contribution >= 0.6 is 23.1 Å². The van der Waals surface area contributed by atoms with Gasteiger partial charge in [0.25, 0.3) is 0 Å². The Hall–Kier alpha value is -2.38. The van der Waals surface area contributed by atoms with E-state index >= 15 is 0 Å². The van der Waals surface area contributed by atoms with E-state index in [4.69, 9.17) is 0 Å². The number of anilines is 1. The molecule has 3 aromatic rings. The lowest BCUT2D eigenvalue weighted by atomic mass is 9.97. The molecule has 1 aliphatic rings. The molecule has 7 heteroatoms. The average Bonchev–Trinajstić information content (AvgIpc) is 3.13. The number of carbonyl (C=O) groups is 1. The van der Waals surface area contributed by atoms with Crippen molar-refractivity contribution in [2.75, 3.05) is 11.1 Å². The third-order valence-corrected chi connectivity index (χ3v) is 7.72. The molecule has 4 rings (SSSR count). The van der Waals surface area contributed by atoms with Crippen LogP contribution in [-0.4, -0.2) is 16.2 Å². The van der Waals surface area contributed by atoms with Crippen LogP contribution in [0.5, 0.6) is 0 Å². The molecule has 0 aliphatic heterocycles. The van der Waals surface area contributed by atoms with Crippen molar-refractivity contribution >= 4 is 44.9 Å². The molecule has 0 bridgehead atoms. The maximum Gasteiger partial charge on any atom is 0.347 e. The molecule has 2 heterocycles. The average molecular weight is 455 g/mol. The molecule has 2 aromatic heterocycles. The Morgan fingerprint density at radius 1 is 1.26 bits per heavy atom. The summed E-state index contributed by atoms with van der Waals surface area (Å²) >= 11 is 3.05. The Bertz CT molecular complexity index is 1190. The highest BCUT2D eigenvalue weighted by Gasteiger charge is 2.26. The van der Waals surface area contributed by atoms with E-state index in [1.807, 2.05) is 31.2 Å². The van der Waals surface area contributed by atoms with Crippen molar-refractivity contribution in [3.8, 4) is 0 Å². The van der Waals surface area contributed by atoms with Crippen molar-refractivity contribution in [3.05, 3.63) is 62.8 Å². The maximum absolute atomic E-state index is 13.4. The number of hydrogen-bond acceptors (Lipinski definition) is 4. The van der Waals surface area contributed by atoms with Crippen molar-refractivity contribution in [2.45, 2.75) is 57.7 Å². The summed E-state index contributed by atoms with van der Waals surface area (Å²) in [4.78, 5) is 31.6. The monoisotopic (exact) mass is 454 g/mol. The Labute approximate surface area is 190 Å². The fraction of sp³-hybridized carbons (Fsp3) is 0.375. The number of benzene rings is 1. The summed E-state index contributed by atoms with van der Waals surface area (Å²) < 4.78 is 1.74. The van der Waals surface area contributed by atoms with E-state index in [1.165, 1.54) is 34.2 Å². The van der Waals surface area contributed by atoms with E-state index in [0.717, 1.165) is 47.2 Å². The van der Waals surface area contributed by atoms with Crippen LogP contribution in [0.15, 0.2) is 46.4 Å². The highest BCUT2D eigenvalue weighted by atomic mass is 32.2. The number of fused-ring (bicyclic) bond motifs is 3. The van der Waals surface area contributed by atoms with Gasteiger partial charge >= 0.3 is 10.7 Å². The number of nitrogens with one attached hydrogen (secondary N) is 2. The van der Waals surface area contributed by atoms with Crippen LogP contribution in [0.3, 0.4) is 0 Å². The Balaban J connectivity index is 1.59. The number of H-pyrrole nitrogens is 1. The molecule has 31 heavy (non-hydrogen) atoms. The SMILES string of the molecule is C=C(C)Cn1c(SCC(=O)Nc2ccc(CC)cc2)[nH+]c2sc3c(c2c1=O)CCCC3. The van der Waals surface area contributed by atoms with E-state index in [0.29, 0.717) is 11.7 Å². The van der Waals surface area contributed by atoms with Crippen LogP contribution in [0.25, 0.3) is 10.2 Å². The molecular weight excluding hydrogens is 426 g/mol. The molecule has 162 valence electrons. The second-order valence-electron chi connectivity index (χ2n) is 8.08. The van der Waals surface area contributed by atoms with Crippen molar-refractivity contribution in [2.24, 2.45) is 0 Å². The number of amides is 1. The lowest BCUT2D eigenvalue weighted by Crippen LogP contribution is -2.31. The lowest BCUT2D eigenvalue weighted by Gasteiger charge is -2.10. The van der Waals surface area contributed by atoms with Gasteiger partial charge in [0.1, 0.15) is 11.9 Å². The molecule has 1 aliphatic carbocycles. The highest BCUT2D eigenvalue weighted by molar-refractivity contribution is 7.99. The predicted octanol–water partition coefficient (Wildman–Crippen LogP) is 4.63. The smallest absolute Gasteiger partial charge is 0.325 e. The first-order valence-electron chi connectivity index (χ1n) is 10.7. The molecule has 2 N–H and O–H groups in total. The summed E-state index contributed by atoms with van der Waals surface area (Å²) in [7, 11) is 0. The second-order valence-corrected chi connectivity index (χ2v) is 10.2. The number of aryl methyl sites for hydroxylation is 3. The van der Waals surface area contributed by atoms with E-state index in [-0.39, 0.29) is 17.2 Å². The molecule has 1 aromatic carbocycles. The number of aromatic amines is 1. The summed E-state index contributed by atoms with van der Waals surface area (Å²) in [6, 6.07) is 7.89. The zero-order valence-electron chi connectivity index (χ0n) is 18.0. The molecule has 0 saturated carbocycles. The highest BCUT2D eigenvalue weighted by Crippen LogP contribution is 2.33. The number of allylic oxidation sites excluding steroid dienone is 1. The molecule has 0 unspecified atom stereocenters. The van der Waals surface area contributed by atoms with Crippen LogP contribution < -0.4 is 15.9 Å². The molecule has 0 spiro atoms. The zero-order valence-corrected chi connectivity index (χ0v) is 19.7. The molecule has 1 amide bonds. The van der Waals surface area contributed by atoms with Gasteiger partial charge in [0.15, 0.2) is 4.83 Å². The van der Waals surface area contributed by atoms with Crippen molar-refractivity contribution in [1.82, 2.24) is 4.57 Å². The minimum absolute atomic E-state index is 0.0224. The Kier molecular flexibility index (Phi) is 6.62. The molecular formula is C24H28N3O2S2+. The normalized spacial score (nSPS) is 13.2. The minimum atomic E-state index is -0.0949. The first-order valence-corrected chi connectivity index (χ1v) is 12.5. The third-order valence-electron chi connectivity index (χ3n) is 5.51.